The number of anilines is 1. The highest BCUT2D eigenvalue weighted by Crippen LogP contribution is 2.05. The van der Waals surface area contributed by atoms with Gasteiger partial charge >= 0.3 is 0 Å². The summed E-state index contributed by atoms with van der Waals surface area (Å²) in [7, 11) is 1.74. The molecule has 0 aliphatic rings. The topological polar surface area (TPSA) is 74.2 Å². The number of nitrogens with zero attached hydrogens (tertiary/aromatic N) is 1. The zero-order valence-electron chi connectivity index (χ0n) is 8.82. The van der Waals surface area contributed by atoms with E-state index >= 15 is 0 Å². The van der Waals surface area contributed by atoms with Crippen LogP contribution in [-0.4, -0.2) is 35.7 Å². The maximum absolute atomic E-state index is 11.5. The summed E-state index contributed by atoms with van der Waals surface area (Å²) in [5.41, 5.74) is 0.523. The largest absolute Gasteiger partial charge is 0.392 e. The maximum Gasteiger partial charge on any atom is 0.251 e. The lowest BCUT2D eigenvalue weighted by atomic mass is 10.2. The number of rotatable bonds is 4. The molecule has 1 atom stereocenters. The Morgan fingerprint density at radius 1 is 1.67 bits per heavy atom. The van der Waals surface area contributed by atoms with Crippen molar-refractivity contribution in [3.63, 3.8) is 0 Å². The third-order valence-electron chi connectivity index (χ3n) is 1.84. The fourth-order valence-electron chi connectivity index (χ4n) is 1.05. The second-order valence-electron chi connectivity index (χ2n) is 3.24. The highest BCUT2D eigenvalue weighted by Gasteiger charge is 2.06. The molecule has 1 heterocycles. The van der Waals surface area contributed by atoms with Crippen molar-refractivity contribution in [2.45, 2.75) is 13.0 Å². The third kappa shape index (κ3) is 3.55. The summed E-state index contributed by atoms with van der Waals surface area (Å²) in [6, 6.07) is 3.27. The first-order valence-electron chi connectivity index (χ1n) is 4.73. The Bertz CT molecular complexity index is 339. The van der Waals surface area contributed by atoms with Crippen molar-refractivity contribution in [3.05, 3.63) is 23.9 Å². The number of hydrogen-bond donors (Lipinski definition) is 3. The van der Waals surface area contributed by atoms with E-state index in [1.54, 1.807) is 32.3 Å². The van der Waals surface area contributed by atoms with Crippen LogP contribution in [0.5, 0.6) is 0 Å². The van der Waals surface area contributed by atoms with Gasteiger partial charge in [0.25, 0.3) is 5.91 Å². The van der Waals surface area contributed by atoms with Crippen molar-refractivity contribution in [2.24, 2.45) is 0 Å². The number of nitrogens with one attached hydrogen (secondary N) is 2. The van der Waals surface area contributed by atoms with Crippen LogP contribution in [0.2, 0.25) is 0 Å². The van der Waals surface area contributed by atoms with E-state index in [2.05, 4.69) is 15.6 Å². The van der Waals surface area contributed by atoms with Crippen LogP contribution in [0.15, 0.2) is 18.3 Å². The molecule has 0 radical (unpaired) electrons. The quantitative estimate of drug-likeness (QED) is 0.663. The van der Waals surface area contributed by atoms with Crippen LogP contribution in [0.4, 0.5) is 5.82 Å². The second-order valence-corrected chi connectivity index (χ2v) is 3.24. The van der Waals surface area contributed by atoms with Crippen LogP contribution in [0, 0.1) is 0 Å². The van der Waals surface area contributed by atoms with Crippen molar-refractivity contribution in [3.8, 4) is 0 Å². The molecule has 1 unspecified atom stereocenters. The van der Waals surface area contributed by atoms with Gasteiger partial charge < -0.3 is 15.7 Å². The zero-order chi connectivity index (χ0) is 11.3. The molecule has 0 bridgehead atoms. The van der Waals surface area contributed by atoms with E-state index in [9.17, 15) is 4.79 Å². The number of carbonyl (C=O) groups is 1. The van der Waals surface area contributed by atoms with Gasteiger partial charge in [-0.05, 0) is 19.1 Å². The van der Waals surface area contributed by atoms with E-state index in [1.165, 1.54) is 0 Å². The molecule has 0 aliphatic heterocycles. The van der Waals surface area contributed by atoms with Crippen molar-refractivity contribution in [1.29, 1.82) is 0 Å². The average molecular weight is 209 g/mol. The smallest absolute Gasteiger partial charge is 0.251 e. The number of hydrogen-bond acceptors (Lipinski definition) is 4. The predicted octanol–water partition coefficient (Wildman–Crippen LogP) is 0.234. The molecule has 0 aromatic carbocycles. The summed E-state index contributed by atoms with van der Waals surface area (Å²) < 4.78 is 0. The molecule has 82 valence electrons. The lowest BCUT2D eigenvalue weighted by molar-refractivity contribution is 0.0924. The van der Waals surface area contributed by atoms with E-state index in [-0.39, 0.29) is 12.5 Å². The number of pyridine rings is 1. The molecule has 5 nitrogen and oxygen atoms in total. The average Bonchev–Trinajstić information content (AvgIpc) is 2.26. The fraction of sp³-hybridized carbons (Fsp3) is 0.400. The Hall–Kier alpha value is -1.62. The van der Waals surface area contributed by atoms with Crippen LogP contribution in [-0.2, 0) is 0 Å². The molecule has 0 aliphatic carbocycles. The molecule has 15 heavy (non-hydrogen) atoms. The van der Waals surface area contributed by atoms with E-state index in [0.717, 1.165) is 0 Å². The van der Waals surface area contributed by atoms with Crippen molar-refractivity contribution in [1.82, 2.24) is 10.3 Å². The minimum atomic E-state index is -0.542. The lowest BCUT2D eigenvalue weighted by Gasteiger charge is -2.07. The SMILES string of the molecule is CNc1cc(C(=O)NCC(C)O)ccn1. The Morgan fingerprint density at radius 3 is 3.00 bits per heavy atom. The van der Waals surface area contributed by atoms with E-state index < -0.39 is 6.10 Å². The van der Waals surface area contributed by atoms with Gasteiger partial charge in [-0.3, -0.25) is 4.79 Å². The second kappa shape index (κ2) is 5.31. The van der Waals surface area contributed by atoms with Crippen LogP contribution < -0.4 is 10.6 Å². The van der Waals surface area contributed by atoms with Crippen LogP contribution in [0.1, 0.15) is 17.3 Å². The van der Waals surface area contributed by atoms with Gasteiger partial charge in [0.05, 0.1) is 6.10 Å². The lowest BCUT2D eigenvalue weighted by Crippen LogP contribution is -2.30. The first-order valence-corrected chi connectivity index (χ1v) is 4.73. The maximum atomic E-state index is 11.5. The molecular formula is C10H15N3O2. The van der Waals surface area contributed by atoms with Crippen molar-refractivity contribution in [2.75, 3.05) is 18.9 Å². The molecule has 3 N–H and O–H groups in total. The fourth-order valence-corrected chi connectivity index (χ4v) is 1.05. The van der Waals surface area contributed by atoms with Crippen molar-refractivity contribution >= 4 is 11.7 Å². The van der Waals surface area contributed by atoms with Crippen LogP contribution in [0.3, 0.4) is 0 Å². The zero-order valence-corrected chi connectivity index (χ0v) is 8.82. The number of carbonyl (C=O) groups excluding carboxylic acids is 1. The van der Waals surface area contributed by atoms with Gasteiger partial charge in [0, 0.05) is 25.4 Å². The van der Waals surface area contributed by atoms with E-state index in [1.807, 2.05) is 0 Å². The predicted molar refractivity (Wildman–Crippen MR) is 57.8 cm³/mol. The van der Waals surface area contributed by atoms with Gasteiger partial charge in [0.1, 0.15) is 5.82 Å². The Balaban J connectivity index is 2.65. The minimum absolute atomic E-state index is 0.213. The summed E-state index contributed by atoms with van der Waals surface area (Å²) in [6.07, 6.45) is 1.02. The van der Waals surface area contributed by atoms with Crippen LogP contribution >= 0.6 is 0 Å². The molecule has 1 aromatic heterocycles. The van der Waals surface area contributed by atoms with Gasteiger partial charge in [-0.2, -0.15) is 0 Å². The highest BCUT2D eigenvalue weighted by molar-refractivity contribution is 5.94. The Kier molecular flexibility index (Phi) is 4.05. The monoisotopic (exact) mass is 209 g/mol. The summed E-state index contributed by atoms with van der Waals surface area (Å²) in [5.74, 6) is 0.425. The Morgan fingerprint density at radius 2 is 2.40 bits per heavy atom. The number of aliphatic hydroxyl groups excluding tert-OH is 1. The first-order chi connectivity index (χ1) is 7.13. The molecule has 0 saturated heterocycles. The van der Waals surface area contributed by atoms with Gasteiger partial charge in [-0.25, -0.2) is 4.98 Å². The molecule has 0 saturated carbocycles. The molecule has 1 aromatic rings. The molecular weight excluding hydrogens is 194 g/mol. The number of aromatic nitrogens is 1. The number of aliphatic hydroxyl groups is 1. The van der Waals surface area contributed by atoms with Gasteiger partial charge in [-0.1, -0.05) is 0 Å². The molecule has 1 amide bonds. The summed E-state index contributed by atoms with van der Waals surface area (Å²) in [5, 5.41) is 14.5. The van der Waals surface area contributed by atoms with E-state index in [4.69, 9.17) is 5.11 Å². The van der Waals surface area contributed by atoms with Gasteiger partial charge in [0.2, 0.25) is 0 Å². The molecule has 0 fully saturated rings. The minimum Gasteiger partial charge on any atom is -0.392 e. The summed E-state index contributed by atoms with van der Waals surface area (Å²) in [6.45, 7) is 1.86. The summed E-state index contributed by atoms with van der Waals surface area (Å²) in [4.78, 5) is 15.5. The number of amides is 1. The standard InChI is InChI=1S/C10H15N3O2/c1-7(14)6-13-10(15)8-3-4-12-9(5-8)11-2/h3-5,7,14H,6H2,1-2H3,(H,11,12)(H,13,15). The highest BCUT2D eigenvalue weighted by atomic mass is 16.3. The summed E-state index contributed by atoms with van der Waals surface area (Å²) >= 11 is 0. The molecule has 5 heteroatoms. The van der Waals surface area contributed by atoms with Crippen LogP contribution in [0.25, 0.3) is 0 Å². The Labute approximate surface area is 88.5 Å². The van der Waals surface area contributed by atoms with E-state index in [0.29, 0.717) is 11.4 Å². The van der Waals surface area contributed by atoms with Crippen molar-refractivity contribution < 1.29 is 9.90 Å². The third-order valence-corrected chi connectivity index (χ3v) is 1.84. The van der Waals surface area contributed by atoms with Gasteiger partial charge in [0.15, 0.2) is 0 Å². The first kappa shape index (κ1) is 11.5. The molecule has 0 spiro atoms. The normalized spacial score (nSPS) is 11.9. The van der Waals surface area contributed by atoms with Gasteiger partial charge in [-0.15, -0.1) is 0 Å². The molecule has 1 rings (SSSR count).